The quantitative estimate of drug-likeness (QED) is 0.674. The van der Waals surface area contributed by atoms with Crippen LogP contribution in [0.4, 0.5) is 0 Å². The molecular weight excluding hydrogens is 254 g/mol. The van der Waals surface area contributed by atoms with E-state index >= 15 is 0 Å². The summed E-state index contributed by atoms with van der Waals surface area (Å²) in [6.07, 6.45) is 6.49. The van der Waals surface area contributed by atoms with Crippen molar-refractivity contribution in [3.8, 4) is 0 Å². The highest BCUT2D eigenvalue weighted by molar-refractivity contribution is 5.83. The fourth-order valence-corrected chi connectivity index (χ4v) is 2.82. The van der Waals surface area contributed by atoms with Gasteiger partial charge in [0.25, 0.3) is 0 Å². The maximum absolute atomic E-state index is 12.3. The lowest BCUT2D eigenvalue weighted by molar-refractivity contribution is -0.154. The second kappa shape index (κ2) is 8.98. The highest BCUT2D eigenvalue weighted by Crippen LogP contribution is 2.22. The van der Waals surface area contributed by atoms with E-state index in [1.165, 1.54) is 6.42 Å². The average Bonchev–Trinajstić information content (AvgIpc) is 2.47. The van der Waals surface area contributed by atoms with E-state index in [1.54, 1.807) is 4.90 Å². The predicted octanol–water partition coefficient (Wildman–Crippen LogP) is 3.15. The van der Waals surface area contributed by atoms with Crippen molar-refractivity contribution in [2.45, 2.75) is 71.8 Å². The summed E-state index contributed by atoms with van der Waals surface area (Å²) in [4.78, 5) is 26.1. The van der Waals surface area contributed by atoms with Crippen LogP contribution >= 0.6 is 0 Å². The van der Waals surface area contributed by atoms with Crippen molar-refractivity contribution in [2.24, 2.45) is 5.92 Å². The van der Waals surface area contributed by atoms with Crippen LogP contribution < -0.4 is 0 Å². The van der Waals surface area contributed by atoms with E-state index in [4.69, 9.17) is 4.74 Å². The van der Waals surface area contributed by atoms with Gasteiger partial charge in [-0.1, -0.05) is 13.3 Å². The van der Waals surface area contributed by atoms with Crippen LogP contribution in [-0.2, 0) is 14.3 Å². The highest BCUT2D eigenvalue weighted by atomic mass is 16.5. The Kier molecular flexibility index (Phi) is 7.63. The first-order chi connectivity index (χ1) is 9.62. The topological polar surface area (TPSA) is 46.6 Å². The first kappa shape index (κ1) is 17.0. The zero-order valence-corrected chi connectivity index (χ0v) is 13.2. The fourth-order valence-electron chi connectivity index (χ4n) is 2.82. The number of hydrogen-bond acceptors (Lipinski definition) is 3. The third-order valence-electron chi connectivity index (χ3n) is 4.18. The molecule has 0 N–H and O–H groups in total. The zero-order chi connectivity index (χ0) is 15.0. The molecule has 20 heavy (non-hydrogen) atoms. The minimum Gasteiger partial charge on any atom is -0.462 e. The molecule has 0 saturated heterocycles. The Balaban J connectivity index is 2.45. The molecule has 1 fully saturated rings. The van der Waals surface area contributed by atoms with E-state index in [0.717, 1.165) is 25.7 Å². The number of carbonyl (C=O) groups is 2. The van der Waals surface area contributed by atoms with Gasteiger partial charge in [0.05, 0.1) is 6.42 Å². The molecule has 0 aromatic heterocycles. The molecule has 1 unspecified atom stereocenters. The summed E-state index contributed by atoms with van der Waals surface area (Å²) in [5.74, 6) is -0.353. The Morgan fingerprint density at radius 2 is 1.70 bits per heavy atom. The Morgan fingerprint density at radius 1 is 1.10 bits per heavy atom. The number of rotatable bonds is 7. The molecule has 0 spiro atoms. The predicted molar refractivity (Wildman–Crippen MR) is 79.3 cm³/mol. The van der Waals surface area contributed by atoms with E-state index < -0.39 is 0 Å². The maximum Gasteiger partial charge on any atom is 0.306 e. The average molecular weight is 283 g/mol. The molecule has 1 amide bonds. The molecular formula is C16H29NO3. The van der Waals surface area contributed by atoms with Crippen LogP contribution in [0.2, 0.25) is 0 Å². The summed E-state index contributed by atoms with van der Waals surface area (Å²) in [6.45, 7) is 7.29. The van der Waals surface area contributed by atoms with Gasteiger partial charge < -0.3 is 9.64 Å². The van der Waals surface area contributed by atoms with Crippen LogP contribution in [0.5, 0.6) is 0 Å². The van der Waals surface area contributed by atoms with Gasteiger partial charge in [0, 0.05) is 19.0 Å². The van der Waals surface area contributed by atoms with Gasteiger partial charge in [0.1, 0.15) is 6.10 Å². The number of nitrogens with zero attached hydrogens (tertiary/aromatic N) is 1. The second-order valence-electron chi connectivity index (χ2n) is 5.57. The third-order valence-corrected chi connectivity index (χ3v) is 4.18. The fraction of sp³-hybridized carbons (Fsp3) is 0.875. The number of amides is 1. The van der Waals surface area contributed by atoms with Crippen LogP contribution in [0.1, 0.15) is 65.7 Å². The summed E-state index contributed by atoms with van der Waals surface area (Å²) in [5.41, 5.74) is 0. The van der Waals surface area contributed by atoms with E-state index in [1.807, 2.05) is 20.8 Å². The van der Waals surface area contributed by atoms with Crippen molar-refractivity contribution in [1.82, 2.24) is 4.90 Å². The van der Waals surface area contributed by atoms with Crippen LogP contribution in [0.25, 0.3) is 0 Å². The molecule has 1 rings (SSSR count). The zero-order valence-electron chi connectivity index (χ0n) is 13.2. The molecule has 1 aliphatic rings. The van der Waals surface area contributed by atoms with E-state index in [-0.39, 0.29) is 30.3 Å². The summed E-state index contributed by atoms with van der Waals surface area (Å²) < 4.78 is 5.51. The van der Waals surface area contributed by atoms with Crippen LogP contribution in [0.3, 0.4) is 0 Å². The third kappa shape index (κ3) is 5.14. The van der Waals surface area contributed by atoms with E-state index in [9.17, 15) is 9.59 Å². The Hall–Kier alpha value is -1.06. The maximum atomic E-state index is 12.3. The summed E-state index contributed by atoms with van der Waals surface area (Å²) >= 11 is 0. The molecule has 4 heteroatoms. The van der Waals surface area contributed by atoms with E-state index in [2.05, 4.69) is 0 Å². The first-order valence-electron chi connectivity index (χ1n) is 8.10. The monoisotopic (exact) mass is 283 g/mol. The molecule has 116 valence electrons. The highest BCUT2D eigenvalue weighted by Gasteiger charge is 2.26. The smallest absolute Gasteiger partial charge is 0.306 e. The van der Waals surface area contributed by atoms with Gasteiger partial charge >= 0.3 is 5.97 Å². The van der Waals surface area contributed by atoms with Gasteiger partial charge in [0.15, 0.2) is 0 Å². The van der Waals surface area contributed by atoms with Crippen molar-refractivity contribution in [3.05, 3.63) is 0 Å². The largest absolute Gasteiger partial charge is 0.462 e. The standard InChI is InChI=1S/C16H29NO3/c1-4-13(16(19)17(5-2)6-3)12-15(18)20-14-10-8-7-9-11-14/h13-14H,4-12H2,1-3H3. The lowest BCUT2D eigenvalue weighted by Crippen LogP contribution is -2.37. The van der Waals surface area contributed by atoms with Crippen LogP contribution in [0.15, 0.2) is 0 Å². The van der Waals surface area contributed by atoms with Crippen molar-refractivity contribution in [2.75, 3.05) is 13.1 Å². The lowest BCUT2D eigenvalue weighted by Gasteiger charge is -2.25. The Bertz CT molecular complexity index is 307. The summed E-state index contributed by atoms with van der Waals surface area (Å²) in [5, 5.41) is 0. The molecule has 1 aliphatic carbocycles. The van der Waals surface area contributed by atoms with Crippen LogP contribution in [-0.4, -0.2) is 36.0 Å². The SMILES string of the molecule is CCC(CC(=O)OC1CCCCC1)C(=O)N(CC)CC. The van der Waals surface area contributed by atoms with Gasteiger partial charge in [-0.3, -0.25) is 9.59 Å². The van der Waals surface area contributed by atoms with E-state index in [0.29, 0.717) is 19.5 Å². The molecule has 4 nitrogen and oxygen atoms in total. The molecule has 0 aliphatic heterocycles. The molecule has 0 aromatic carbocycles. The molecule has 1 saturated carbocycles. The number of carbonyl (C=O) groups excluding carboxylic acids is 2. The molecule has 0 aromatic rings. The normalized spacial score (nSPS) is 17.6. The summed E-state index contributed by atoms with van der Waals surface area (Å²) in [6, 6.07) is 0. The van der Waals surface area contributed by atoms with Crippen molar-refractivity contribution in [1.29, 1.82) is 0 Å². The molecule has 0 radical (unpaired) electrons. The van der Waals surface area contributed by atoms with Crippen molar-refractivity contribution >= 4 is 11.9 Å². The van der Waals surface area contributed by atoms with Gasteiger partial charge in [0.2, 0.25) is 5.91 Å². The van der Waals surface area contributed by atoms with Gasteiger partial charge in [-0.25, -0.2) is 0 Å². The Morgan fingerprint density at radius 3 is 2.20 bits per heavy atom. The second-order valence-corrected chi connectivity index (χ2v) is 5.57. The van der Waals surface area contributed by atoms with Gasteiger partial charge in [-0.15, -0.1) is 0 Å². The molecule has 1 atom stereocenters. The number of esters is 1. The van der Waals surface area contributed by atoms with Crippen LogP contribution in [0, 0.1) is 5.92 Å². The number of hydrogen-bond donors (Lipinski definition) is 0. The van der Waals surface area contributed by atoms with Gasteiger partial charge in [-0.05, 0) is 46.0 Å². The van der Waals surface area contributed by atoms with Gasteiger partial charge in [-0.2, -0.15) is 0 Å². The number of ether oxygens (including phenoxy) is 1. The lowest BCUT2D eigenvalue weighted by atomic mass is 9.97. The summed E-state index contributed by atoms with van der Waals surface area (Å²) in [7, 11) is 0. The first-order valence-corrected chi connectivity index (χ1v) is 8.10. The Labute approximate surface area is 122 Å². The molecule has 0 heterocycles. The minimum absolute atomic E-state index is 0.0808. The molecule has 0 bridgehead atoms. The van der Waals surface area contributed by atoms with Crippen molar-refractivity contribution < 1.29 is 14.3 Å². The van der Waals surface area contributed by atoms with Crippen molar-refractivity contribution in [3.63, 3.8) is 0 Å². The minimum atomic E-state index is -0.231.